The Kier molecular flexibility index (Phi) is 4.85. The zero-order chi connectivity index (χ0) is 18.1. The van der Waals surface area contributed by atoms with Crippen molar-refractivity contribution in [2.45, 2.75) is 46.6 Å². The van der Waals surface area contributed by atoms with Gasteiger partial charge in [0.15, 0.2) is 4.80 Å². The molecule has 7 heteroatoms. The van der Waals surface area contributed by atoms with Crippen molar-refractivity contribution in [1.82, 2.24) is 9.47 Å². The molecule has 1 aliphatic rings. The molecular formula is C18H21N3O3S. The number of benzene rings is 1. The number of fused-ring (bicyclic) bond motifs is 1. The Morgan fingerprint density at radius 2 is 1.80 bits per heavy atom. The van der Waals surface area contributed by atoms with Crippen LogP contribution in [0.5, 0.6) is 0 Å². The number of carbonyl (C=O) groups excluding carboxylic acids is 3. The number of amides is 3. The maximum atomic E-state index is 12.3. The van der Waals surface area contributed by atoms with Crippen LogP contribution in [0.4, 0.5) is 0 Å². The molecule has 1 aliphatic heterocycles. The molecule has 25 heavy (non-hydrogen) atoms. The van der Waals surface area contributed by atoms with Crippen LogP contribution in [0.2, 0.25) is 0 Å². The monoisotopic (exact) mass is 359 g/mol. The highest BCUT2D eigenvalue weighted by Gasteiger charge is 2.30. The van der Waals surface area contributed by atoms with Crippen molar-refractivity contribution in [2.24, 2.45) is 4.99 Å². The van der Waals surface area contributed by atoms with Crippen molar-refractivity contribution >= 4 is 39.3 Å². The van der Waals surface area contributed by atoms with E-state index in [9.17, 15) is 14.4 Å². The Balaban J connectivity index is 2.00. The van der Waals surface area contributed by atoms with Crippen molar-refractivity contribution in [2.75, 3.05) is 6.54 Å². The van der Waals surface area contributed by atoms with E-state index >= 15 is 0 Å². The van der Waals surface area contributed by atoms with Gasteiger partial charge in [-0.15, -0.1) is 0 Å². The highest BCUT2D eigenvalue weighted by molar-refractivity contribution is 7.16. The van der Waals surface area contributed by atoms with E-state index in [0.717, 1.165) is 28.1 Å². The van der Waals surface area contributed by atoms with Gasteiger partial charge in [0, 0.05) is 19.4 Å². The number of hydrogen-bond acceptors (Lipinski definition) is 4. The first kappa shape index (κ1) is 17.5. The first-order chi connectivity index (χ1) is 11.9. The number of thiazole rings is 1. The lowest BCUT2D eigenvalue weighted by Crippen LogP contribution is -2.34. The second-order valence-corrected chi connectivity index (χ2v) is 7.33. The van der Waals surface area contributed by atoms with Crippen LogP contribution >= 0.6 is 11.3 Å². The minimum atomic E-state index is -0.464. The van der Waals surface area contributed by atoms with Gasteiger partial charge < -0.3 is 4.57 Å². The second kappa shape index (κ2) is 6.92. The zero-order valence-corrected chi connectivity index (χ0v) is 15.5. The number of aromatic nitrogens is 1. The molecule has 2 aromatic rings. The third kappa shape index (κ3) is 3.42. The van der Waals surface area contributed by atoms with Crippen LogP contribution in [0.3, 0.4) is 0 Å². The lowest BCUT2D eigenvalue weighted by Gasteiger charge is -2.10. The first-order valence-corrected chi connectivity index (χ1v) is 9.23. The van der Waals surface area contributed by atoms with Gasteiger partial charge >= 0.3 is 0 Å². The molecule has 1 fully saturated rings. The quantitative estimate of drug-likeness (QED) is 0.787. The third-order valence-electron chi connectivity index (χ3n) is 4.41. The molecule has 0 radical (unpaired) electrons. The lowest BCUT2D eigenvalue weighted by molar-refractivity contribution is -0.141. The van der Waals surface area contributed by atoms with E-state index < -0.39 is 5.91 Å². The molecule has 3 amide bonds. The molecular weight excluding hydrogens is 338 g/mol. The molecule has 6 nitrogen and oxygen atoms in total. The number of hydrogen-bond donors (Lipinski definition) is 0. The SMILES string of the molecule is CCCn1c(=NC(=O)CN2C(=O)CCC2=O)sc2cc(C)c(C)cc21. The maximum absolute atomic E-state index is 12.3. The van der Waals surface area contributed by atoms with Crippen LogP contribution < -0.4 is 4.80 Å². The van der Waals surface area contributed by atoms with E-state index in [0.29, 0.717) is 4.80 Å². The average Bonchev–Trinajstić information content (AvgIpc) is 3.03. The number of nitrogens with zero attached hydrogens (tertiary/aromatic N) is 3. The molecule has 0 aliphatic carbocycles. The van der Waals surface area contributed by atoms with E-state index in [-0.39, 0.29) is 31.2 Å². The van der Waals surface area contributed by atoms with Gasteiger partial charge in [0.05, 0.1) is 10.2 Å². The fraction of sp³-hybridized carbons (Fsp3) is 0.444. The molecule has 1 aromatic heterocycles. The zero-order valence-electron chi connectivity index (χ0n) is 14.7. The largest absolute Gasteiger partial charge is 0.316 e. The smallest absolute Gasteiger partial charge is 0.268 e. The van der Waals surface area contributed by atoms with E-state index in [2.05, 4.69) is 37.9 Å². The first-order valence-electron chi connectivity index (χ1n) is 8.42. The van der Waals surface area contributed by atoms with Crippen molar-refractivity contribution in [3.8, 4) is 0 Å². The fourth-order valence-corrected chi connectivity index (χ4v) is 4.08. The molecule has 0 unspecified atom stereocenters. The maximum Gasteiger partial charge on any atom is 0.268 e. The minimum absolute atomic E-state index is 0.184. The Morgan fingerprint density at radius 1 is 1.16 bits per heavy atom. The molecule has 0 bridgehead atoms. The number of imide groups is 1. The predicted molar refractivity (Wildman–Crippen MR) is 96.1 cm³/mol. The van der Waals surface area contributed by atoms with Crippen molar-refractivity contribution in [3.63, 3.8) is 0 Å². The molecule has 3 rings (SSSR count). The normalized spacial score (nSPS) is 15.6. The summed E-state index contributed by atoms with van der Waals surface area (Å²) in [4.78, 5) is 41.5. The van der Waals surface area contributed by atoms with Gasteiger partial charge in [0.2, 0.25) is 11.8 Å². The average molecular weight is 359 g/mol. The van der Waals surface area contributed by atoms with E-state index in [4.69, 9.17) is 0 Å². The summed E-state index contributed by atoms with van der Waals surface area (Å²) in [5, 5.41) is 0. The minimum Gasteiger partial charge on any atom is -0.316 e. The number of likely N-dealkylation sites (tertiary alicyclic amines) is 1. The topological polar surface area (TPSA) is 71.7 Å². The van der Waals surface area contributed by atoms with Crippen LogP contribution in [-0.4, -0.2) is 33.7 Å². The summed E-state index contributed by atoms with van der Waals surface area (Å²) in [5.74, 6) is -1.05. The predicted octanol–water partition coefficient (Wildman–Crippen LogP) is 2.31. The Labute approximate surface area is 149 Å². The molecule has 0 saturated carbocycles. The number of aryl methyl sites for hydroxylation is 3. The molecule has 2 heterocycles. The summed E-state index contributed by atoms with van der Waals surface area (Å²) in [6.07, 6.45) is 1.29. The molecule has 132 valence electrons. The van der Waals surface area contributed by atoms with Crippen molar-refractivity contribution < 1.29 is 14.4 Å². The van der Waals surface area contributed by atoms with Gasteiger partial charge in [-0.25, -0.2) is 0 Å². The Bertz CT molecular complexity index is 923. The second-order valence-electron chi connectivity index (χ2n) is 6.32. The lowest BCUT2D eigenvalue weighted by atomic mass is 10.1. The number of rotatable bonds is 4. The van der Waals surface area contributed by atoms with E-state index in [1.165, 1.54) is 22.5 Å². The summed E-state index contributed by atoms with van der Waals surface area (Å²) < 4.78 is 3.12. The van der Waals surface area contributed by atoms with Gasteiger partial charge in [-0.1, -0.05) is 18.3 Å². The summed E-state index contributed by atoms with van der Waals surface area (Å²) in [6, 6.07) is 4.23. The van der Waals surface area contributed by atoms with Crippen LogP contribution in [0, 0.1) is 13.8 Å². The van der Waals surface area contributed by atoms with Crippen LogP contribution in [0.15, 0.2) is 17.1 Å². The molecule has 0 N–H and O–H groups in total. The fourth-order valence-electron chi connectivity index (χ4n) is 2.92. The third-order valence-corrected chi connectivity index (χ3v) is 5.46. The van der Waals surface area contributed by atoms with Crippen molar-refractivity contribution in [3.05, 3.63) is 28.1 Å². The van der Waals surface area contributed by atoms with Crippen LogP contribution in [-0.2, 0) is 20.9 Å². The van der Waals surface area contributed by atoms with E-state index in [1.54, 1.807) is 0 Å². The molecule has 1 saturated heterocycles. The van der Waals surface area contributed by atoms with Gasteiger partial charge in [-0.05, 0) is 43.5 Å². The summed E-state index contributed by atoms with van der Waals surface area (Å²) >= 11 is 1.46. The van der Waals surface area contributed by atoms with Crippen LogP contribution in [0.25, 0.3) is 10.2 Å². The van der Waals surface area contributed by atoms with Gasteiger partial charge in [0.25, 0.3) is 5.91 Å². The van der Waals surface area contributed by atoms with Crippen LogP contribution in [0.1, 0.15) is 37.3 Å². The molecule has 0 atom stereocenters. The van der Waals surface area contributed by atoms with Gasteiger partial charge in [0.1, 0.15) is 6.54 Å². The number of carbonyl (C=O) groups is 3. The van der Waals surface area contributed by atoms with Gasteiger partial charge in [-0.2, -0.15) is 4.99 Å². The summed E-state index contributed by atoms with van der Waals surface area (Å²) in [5.41, 5.74) is 3.46. The Morgan fingerprint density at radius 3 is 2.44 bits per heavy atom. The van der Waals surface area contributed by atoms with Gasteiger partial charge in [-0.3, -0.25) is 19.3 Å². The summed E-state index contributed by atoms with van der Waals surface area (Å²) in [7, 11) is 0. The summed E-state index contributed by atoms with van der Waals surface area (Å²) in [6.45, 7) is 6.69. The van der Waals surface area contributed by atoms with Crippen molar-refractivity contribution in [1.29, 1.82) is 0 Å². The highest BCUT2D eigenvalue weighted by atomic mass is 32.1. The molecule has 0 spiro atoms. The van der Waals surface area contributed by atoms with E-state index in [1.807, 2.05) is 4.57 Å². The highest BCUT2D eigenvalue weighted by Crippen LogP contribution is 2.22. The molecule has 1 aromatic carbocycles. The standard InChI is InChI=1S/C18H21N3O3S/c1-4-7-20-13-8-11(2)12(3)9-14(13)25-18(20)19-15(22)10-21-16(23)5-6-17(21)24/h8-9H,4-7,10H2,1-3H3. The Hall–Kier alpha value is -2.28.